The van der Waals surface area contributed by atoms with E-state index < -0.39 is 6.10 Å². The van der Waals surface area contributed by atoms with Gasteiger partial charge in [0.15, 0.2) is 6.10 Å². The van der Waals surface area contributed by atoms with E-state index in [2.05, 4.69) is 106 Å². The van der Waals surface area contributed by atoms with Crippen molar-refractivity contribution in [3.8, 4) is 0 Å². The maximum atomic E-state index is 12.9. The number of esters is 2. The molecule has 0 bridgehead atoms. The van der Waals surface area contributed by atoms with Crippen LogP contribution < -0.4 is 0 Å². The Labute approximate surface area is 435 Å². The number of carbonyl (C=O) groups is 2. The van der Waals surface area contributed by atoms with Crippen LogP contribution in [0.25, 0.3) is 0 Å². The standard InChI is InChI=1S/C65H114O5/c1-4-7-10-13-16-19-22-25-28-31-33-35-37-40-43-46-49-52-55-58-64(66)69-62-63(61-68-60-57-54-51-48-45-42-39-36-32-29-26-23-20-17-14-11-8-5-2)70-65(67)59-56-53-50-47-44-41-38-34-30-27-24-21-18-15-12-9-6-3/h9,12,17-18,20-21,26-27,29-30,38,41,47,50,63H,4-8,10-11,13-16,19,22-25,28,31-37,39-40,42-46,48-49,51-62H2,1-3H3/b12-9-,20-17-,21-18-,29-26-,30-27-,41-38-,50-47-. The van der Waals surface area contributed by atoms with E-state index in [1.54, 1.807) is 0 Å². The summed E-state index contributed by atoms with van der Waals surface area (Å²) in [6.45, 7) is 7.65. The first-order valence-corrected chi connectivity index (χ1v) is 30.1. The van der Waals surface area contributed by atoms with Gasteiger partial charge in [-0.1, -0.05) is 273 Å². The Morgan fingerprint density at radius 3 is 1.10 bits per heavy atom. The van der Waals surface area contributed by atoms with Crippen molar-refractivity contribution < 1.29 is 23.8 Å². The molecule has 0 heterocycles. The van der Waals surface area contributed by atoms with Crippen LogP contribution in [0.15, 0.2) is 85.1 Å². The van der Waals surface area contributed by atoms with Gasteiger partial charge < -0.3 is 14.2 Å². The Hall–Kier alpha value is -2.92. The lowest BCUT2D eigenvalue weighted by atomic mass is 10.0. The topological polar surface area (TPSA) is 61.8 Å². The molecular formula is C65H114O5. The fourth-order valence-corrected chi connectivity index (χ4v) is 8.46. The third kappa shape index (κ3) is 57.7. The smallest absolute Gasteiger partial charge is 0.306 e. The molecule has 0 aromatic rings. The maximum absolute atomic E-state index is 12.9. The summed E-state index contributed by atoms with van der Waals surface area (Å²) in [5.41, 5.74) is 0. The van der Waals surface area contributed by atoms with E-state index >= 15 is 0 Å². The summed E-state index contributed by atoms with van der Waals surface area (Å²) in [5.74, 6) is -0.457. The molecule has 0 aromatic carbocycles. The monoisotopic (exact) mass is 975 g/mol. The Kier molecular flexibility index (Phi) is 57.9. The molecule has 0 N–H and O–H groups in total. The zero-order chi connectivity index (χ0) is 50.6. The minimum atomic E-state index is -0.572. The van der Waals surface area contributed by atoms with Crippen LogP contribution in [0.4, 0.5) is 0 Å². The first-order chi connectivity index (χ1) is 34.6. The van der Waals surface area contributed by atoms with Gasteiger partial charge in [-0.3, -0.25) is 9.59 Å². The minimum absolute atomic E-state index is 0.0600. The molecule has 0 aromatic heterocycles. The van der Waals surface area contributed by atoms with Gasteiger partial charge in [0.25, 0.3) is 0 Å². The first kappa shape index (κ1) is 67.1. The van der Waals surface area contributed by atoms with Gasteiger partial charge in [-0.05, 0) is 89.9 Å². The highest BCUT2D eigenvalue weighted by molar-refractivity contribution is 5.70. The van der Waals surface area contributed by atoms with Crippen molar-refractivity contribution in [2.75, 3.05) is 19.8 Å². The molecule has 0 rings (SSSR count). The molecule has 0 aliphatic rings. The lowest BCUT2D eigenvalue weighted by Crippen LogP contribution is -2.30. The van der Waals surface area contributed by atoms with Crippen LogP contribution in [0, 0.1) is 0 Å². The van der Waals surface area contributed by atoms with Gasteiger partial charge in [-0.2, -0.15) is 0 Å². The lowest BCUT2D eigenvalue weighted by molar-refractivity contribution is -0.162. The second kappa shape index (κ2) is 60.4. The van der Waals surface area contributed by atoms with Gasteiger partial charge >= 0.3 is 11.9 Å². The number of carbonyl (C=O) groups excluding carboxylic acids is 2. The summed E-state index contributed by atoms with van der Waals surface area (Å²) in [7, 11) is 0. The molecule has 404 valence electrons. The predicted octanol–water partition coefficient (Wildman–Crippen LogP) is 20.8. The van der Waals surface area contributed by atoms with Gasteiger partial charge in [0.05, 0.1) is 6.61 Å². The molecule has 70 heavy (non-hydrogen) atoms. The molecule has 1 atom stereocenters. The Balaban J connectivity index is 4.34. The molecule has 5 heteroatoms. The molecule has 5 nitrogen and oxygen atoms in total. The lowest BCUT2D eigenvalue weighted by Gasteiger charge is -2.18. The highest BCUT2D eigenvalue weighted by atomic mass is 16.6. The van der Waals surface area contributed by atoms with Crippen molar-refractivity contribution in [2.45, 2.75) is 297 Å². The van der Waals surface area contributed by atoms with Crippen molar-refractivity contribution in [3.63, 3.8) is 0 Å². The summed E-state index contributed by atoms with van der Waals surface area (Å²) in [6.07, 6.45) is 80.5. The van der Waals surface area contributed by atoms with Gasteiger partial charge in [-0.25, -0.2) is 0 Å². The summed E-state index contributed by atoms with van der Waals surface area (Å²) in [6, 6.07) is 0. The largest absolute Gasteiger partial charge is 0.462 e. The van der Waals surface area contributed by atoms with Crippen LogP contribution in [0.1, 0.15) is 290 Å². The molecule has 1 unspecified atom stereocenters. The van der Waals surface area contributed by atoms with E-state index in [9.17, 15) is 9.59 Å². The zero-order valence-electron chi connectivity index (χ0n) is 46.5. The number of unbranched alkanes of at least 4 members (excludes halogenated alkanes) is 30. The van der Waals surface area contributed by atoms with Crippen molar-refractivity contribution >= 4 is 11.9 Å². The fraction of sp³-hybridized carbons (Fsp3) is 0.754. The average Bonchev–Trinajstić information content (AvgIpc) is 3.36. The van der Waals surface area contributed by atoms with Crippen molar-refractivity contribution in [1.29, 1.82) is 0 Å². The van der Waals surface area contributed by atoms with Gasteiger partial charge in [-0.15, -0.1) is 0 Å². The molecule has 0 radical (unpaired) electrons. The van der Waals surface area contributed by atoms with Crippen LogP contribution in [-0.2, 0) is 23.8 Å². The zero-order valence-corrected chi connectivity index (χ0v) is 46.5. The van der Waals surface area contributed by atoms with Crippen molar-refractivity contribution in [2.24, 2.45) is 0 Å². The van der Waals surface area contributed by atoms with E-state index in [0.717, 1.165) is 77.0 Å². The van der Waals surface area contributed by atoms with Gasteiger partial charge in [0.2, 0.25) is 0 Å². The third-order valence-electron chi connectivity index (χ3n) is 12.9. The highest BCUT2D eigenvalue weighted by Gasteiger charge is 2.17. The van der Waals surface area contributed by atoms with Crippen LogP contribution in [0.3, 0.4) is 0 Å². The number of rotatable bonds is 55. The normalized spacial score (nSPS) is 12.8. The van der Waals surface area contributed by atoms with Crippen LogP contribution in [0.5, 0.6) is 0 Å². The molecule has 0 amide bonds. The Morgan fingerprint density at radius 2 is 0.657 bits per heavy atom. The van der Waals surface area contributed by atoms with Crippen molar-refractivity contribution in [3.05, 3.63) is 85.1 Å². The average molecular weight is 976 g/mol. The quantitative estimate of drug-likeness (QED) is 0.0345. The number of hydrogen-bond acceptors (Lipinski definition) is 5. The molecule has 0 saturated heterocycles. The summed E-state index contributed by atoms with van der Waals surface area (Å²) < 4.78 is 17.5. The summed E-state index contributed by atoms with van der Waals surface area (Å²) in [4.78, 5) is 25.5. The van der Waals surface area contributed by atoms with Crippen molar-refractivity contribution in [1.82, 2.24) is 0 Å². The SMILES string of the molecule is CC/C=C\C/C=C\C/C=C\C/C=C\C/C=C\CCCC(=O)OC(COCCCCCCCCCC/C=C\C/C=C\CCCCC)COC(=O)CCCCCCCCCCCCCCCCCCCCC. The Morgan fingerprint density at radius 1 is 0.329 bits per heavy atom. The highest BCUT2D eigenvalue weighted by Crippen LogP contribution is 2.16. The second-order valence-electron chi connectivity index (χ2n) is 19.9. The van der Waals surface area contributed by atoms with E-state index in [1.165, 1.54) is 180 Å². The predicted molar refractivity (Wildman–Crippen MR) is 307 cm³/mol. The molecule has 0 saturated carbocycles. The Bertz CT molecular complexity index is 1290. The summed E-state index contributed by atoms with van der Waals surface area (Å²) >= 11 is 0. The maximum Gasteiger partial charge on any atom is 0.306 e. The van der Waals surface area contributed by atoms with Crippen LogP contribution in [0.2, 0.25) is 0 Å². The molecule has 0 aliphatic heterocycles. The number of hydrogen-bond donors (Lipinski definition) is 0. The third-order valence-corrected chi connectivity index (χ3v) is 12.9. The van der Waals surface area contributed by atoms with Gasteiger partial charge in [0, 0.05) is 19.4 Å². The van der Waals surface area contributed by atoms with E-state index in [4.69, 9.17) is 14.2 Å². The molecular weight excluding hydrogens is 861 g/mol. The number of allylic oxidation sites excluding steroid dienone is 14. The molecule has 0 fully saturated rings. The second-order valence-corrected chi connectivity index (χ2v) is 19.9. The molecule has 0 spiro atoms. The van der Waals surface area contributed by atoms with Crippen LogP contribution >= 0.6 is 0 Å². The van der Waals surface area contributed by atoms with Crippen LogP contribution in [-0.4, -0.2) is 37.9 Å². The first-order valence-electron chi connectivity index (χ1n) is 30.1. The van der Waals surface area contributed by atoms with E-state index in [0.29, 0.717) is 19.4 Å². The van der Waals surface area contributed by atoms with E-state index in [1.807, 2.05) is 0 Å². The fourth-order valence-electron chi connectivity index (χ4n) is 8.46. The summed E-state index contributed by atoms with van der Waals surface area (Å²) in [5, 5.41) is 0. The van der Waals surface area contributed by atoms with E-state index in [-0.39, 0.29) is 25.2 Å². The minimum Gasteiger partial charge on any atom is -0.462 e. The molecule has 0 aliphatic carbocycles. The van der Waals surface area contributed by atoms with Gasteiger partial charge in [0.1, 0.15) is 6.61 Å². The number of ether oxygens (including phenoxy) is 3.